The molecule has 6 radical (unpaired) electrons. The number of fused-ring (bicyclic) bond motifs is 1. The minimum absolute atomic E-state index is 0.0143. The standard InChI is InChI=1S/C11H11B3N2O2/c1-15-11(13,14)10(12,18)6-5-16-7-3-2-4-8(17)9(6)7/h2-5,15-18H,1H3. The van der Waals surface area contributed by atoms with Gasteiger partial charge in [-0.3, -0.25) is 0 Å². The summed E-state index contributed by atoms with van der Waals surface area (Å²) in [4.78, 5) is 2.89. The summed E-state index contributed by atoms with van der Waals surface area (Å²) >= 11 is 0. The van der Waals surface area contributed by atoms with Crippen LogP contribution in [-0.4, -0.2) is 51.1 Å². The maximum atomic E-state index is 10.4. The summed E-state index contributed by atoms with van der Waals surface area (Å²) in [6.07, 6.45) is 1.47. The van der Waals surface area contributed by atoms with Crippen LogP contribution in [0.15, 0.2) is 24.4 Å². The zero-order valence-electron chi connectivity index (χ0n) is 9.94. The number of aliphatic hydroxyl groups is 1. The number of nitrogens with one attached hydrogen (secondary N) is 2. The third kappa shape index (κ3) is 1.74. The Kier molecular flexibility index (Phi) is 2.99. The Balaban J connectivity index is 2.68. The maximum absolute atomic E-state index is 10.4. The second-order valence-corrected chi connectivity index (χ2v) is 4.29. The fourth-order valence-electron chi connectivity index (χ4n) is 1.88. The van der Waals surface area contributed by atoms with Crippen molar-refractivity contribution in [3.63, 3.8) is 0 Å². The number of rotatable bonds is 3. The van der Waals surface area contributed by atoms with E-state index in [0.717, 1.165) is 0 Å². The Bertz CT molecular complexity index is 581. The highest BCUT2D eigenvalue weighted by Crippen LogP contribution is 2.36. The van der Waals surface area contributed by atoms with Crippen molar-refractivity contribution in [2.24, 2.45) is 0 Å². The summed E-state index contributed by atoms with van der Waals surface area (Å²) in [5.74, 6) is -0.0143. The van der Waals surface area contributed by atoms with Crippen molar-refractivity contribution in [2.45, 2.75) is 10.8 Å². The van der Waals surface area contributed by atoms with Gasteiger partial charge in [0.15, 0.2) is 0 Å². The van der Waals surface area contributed by atoms with E-state index >= 15 is 0 Å². The molecular weight excluding hydrogens is 225 g/mol. The number of aromatic hydroxyl groups is 1. The third-order valence-electron chi connectivity index (χ3n) is 3.14. The molecule has 86 valence electrons. The summed E-state index contributed by atoms with van der Waals surface area (Å²) in [6, 6.07) is 4.90. The predicted octanol–water partition coefficient (Wildman–Crippen LogP) is -0.603. The molecule has 1 atom stereocenters. The Morgan fingerprint density at radius 3 is 2.56 bits per heavy atom. The molecular formula is C11H11B3N2O2. The molecule has 1 aromatic heterocycles. The first-order valence-electron chi connectivity index (χ1n) is 5.38. The molecule has 0 saturated heterocycles. The van der Waals surface area contributed by atoms with Crippen LogP contribution in [-0.2, 0) is 5.50 Å². The number of benzene rings is 1. The number of aromatic nitrogens is 1. The van der Waals surface area contributed by atoms with Crippen LogP contribution >= 0.6 is 0 Å². The zero-order chi connectivity index (χ0) is 13.6. The molecule has 0 aliphatic rings. The molecule has 0 fully saturated rings. The number of likely N-dealkylation sites (N-methyl/N-ethyl adjacent to an activating group) is 1. The van der Waals surface area contributed by atoms with Gasteiger partial charge in [-0.2, -0.15) is 0 Å². The Hall–Kier alpha value is -1.33. The first-order valence-corrected chi connectivity index (χ1v) is 5.38. The van der Waals surface area contributed by atoms with Crippen molar-refractivity contribution >= 4 is 34.4 Å². The van der Waals surface area contributed by atoms with Gasteiger partial charge in [0.2, 0.25) is 0 Å². The summed E-state index contributed by atoms with van der Waals surface area (Å²) in [5, 5.41) is 21.4. The Morgan fingerprint density at radius 2 is 1.94 bits per heavy atom. The largest absolute Gasteiger partial charge is 0.507 e. The van der Waals surface area contributed by atoms with Crippen LogP contribution in [0.4, 0.5) is 0 Å². The van der Waals surface area contributed by atoms with Crippen LogP contribution in [0.3, 0.4) is 0 Å². The van der Waals surface area contributed by atoms with Crippen LogP contribution in [0.25, 0.3) is 10.9 Å². The molecule has 0 saturated carbocycles. The van der Waals surface area contributed by atoms with Gasteiger partial charge < -0.3 is 20.5 Å². The number of hydrogen-bond donors (Lipinski definition) is 4. The summed E-state index contributed by atoms with van der Waals surface area (Å²) in [6.45, 7) is 0. The van der Waals surface area contributed by atoms with E-state index < -0.39 is 10.8 Å². The topological polar surface area (TPSA) is 68.3 Å². The average molecular weight is 236 g/mol. The lowest BCUT2D eigenvalue weighted by Crippen LogP contribution is -2.61. The van der Waals surface area contributed by atoms with Crippen LogP contribution in [0.5, 0.6) is 5.75 Å². The fraction of sp³-hybridized carbons (Fsp3) is 0.273. The SMILES string of the molecule is [B]C([B])(NC)C([B])(O)c1c[nH]c2cccc(O)c12. The molecule has 0 aliphatic carbocycles. The molecule has 0 spiro atoms. The van der Waals surface area contributed by atoms with E-state index in [2.05, 4.69) is 10.3 Å². The number of aromatic amines is 1. The Labute approximate surface area is 109 Å². The fourth-order valence-corrected chi connectivity index (χ4v) is 1.88. The molecule has 0 aliphatic heterocycles. The summed E-state index contributed by atoms with van der Waals surface area (Å²) in [5.41, 5.74) is -1.21. The van der Waals surface area contributed by atoms with Crippen molar-refractivity contribution in [3.05, 3.63) is 30.0 Å². The number of phenolic OH excluding ortho intramolecular Hbond substituents is 1. The quantitative estimate of drug-likeness (QED) is 0.537. The number of hydrogen-bond acceptors (Lipinski definition) is 3. The summed E-state index contributed by atoms with van der Waals surface area (Å²) in [7, 11) is 18.7. The Morgan fingerprint density at radius 1 is 1.28 bits per heavy atom. The van der Waals surface area contributed by atoms with Crippen molar-refractivity contribution in [1.82, 2.24) is 10.3 Å². The summed E-state index contributed by atoms with van der Waals surface area (Å²) < 4.78 is 0. The smallest absolute Gasteiger partial charge is 0.125 e. The van der Waals surface area contributed by atoms with Crippen molar-refractivity contribution in [3.8, 4) is 5.75 Å². The van der Waals surface area contributed by atoms with E-state index in [0.29, 0.717) is 10.9 Å². The molecule has 1 unspecified atom stereocenters. The van der Waals surface area contributed by atoms with Crippen molar-refractivity contribution < 1.29 is 10.2 Å². The van der Waals surface area contributed by atoms with Crippen LogP contribution in [0.2, 0.25) is 0 Å². The lowest BCUT2D eigenvalue weighted by Gasteiger charge is -2.42. The van der Waals surface area contributed by atoms with E-state index in [1.54, 1.807) is 12.1 Å². The molecule has 0 amide bonds. The first kappa shape index (κ1) is 13.1. The predicted molar refractivity (Wildman–Crippen MR) is 72.9 cm³/mol. The monoisotopic (exact) mass is 236 g/mol. The van der Waals surface area contributed by atoms with E-state index in [1.165, 1.54) is 19.3 Å². The highest BCUT2D eigenvalue weighted by molar-refractivity contribution is 6.45. The first-order chi connectivity index (χ1) is 8.31. The maximum Gasteiger partial charge on any atom is 0.125 e. The van der Waals surface area contributed by atoms with Crippen molar-refractivity contribution in [1.29, 1.82) is 0 Å². The van der Waals surface area contributed by atoms with Gasteiger partial charge in [0.1, 0.15) is 13.6 Å². The highest BCUT2D eigenvalue weighted by Gasteiger charge is 2.39. The molecule has 18 heavy (non-hydrogen) atoms. The molecule has 1 heterocycles. The van der Waals surface area contributed by atoms with Gasteiger partial charge in [-0.25, -0.2) is 0 Å². The van der Waals surface area contributed by atoms with Gasteiger partial charge >= 0.3 is 0 Å². The van der Waals surface area contributed by atoms with Gasteiger partial charge in [0.25, 0.3) is 0 Å². The minimum Gasteiger partial charge on any atom is -0.507 e. The van der Waals surface area contributed by atoms with Gasteiger partial charge in [-0.15, -0.1) is 0 Å². The molecule has 1 aromatic carbocycles. The van der Waals surface area contributed by atoms with E-state index in [1.807, 2.05) is 0 Å². The van der Waals surface area contributed by atoms with E-state index in [9.17, 15) is 10.2 Å². The van der Waals surface area contributed by atoms with E-state index in [4.69, 9.17) is 23.5 Å². The lowest BCUT2D eigenvalue weighted by atomic mass is 9.45. The van der Waals surface area contributed by atoms with Gasteiger partial charge in [0, 0.05) is 22.7 Å². The van der Waals surface area contributed by atoms with Crippen molar-refractivity contribution in [2.75, 3.05) is 7.05 Å². The molecule has 4 nitrogen and oxygen atoms in total. The van der Waals surface area contributed by atoms with Gasteiger partial charge in [-0.1, -0.05) is 6.07 Å². The molecule has 7 heteroatoms. The molecule has 2 aromatic rings. The van der Waals surface area contributed by atoms with Crippen LogP contribution in [0.1, 0.15) is 5.56 Å². The molecule has 0 bridgehead atoms. The van der Waals surface area contributed by atoms with Gasteiger partial charge in [0.05, 0.1) is 21.2 Å². The van der Waals surface area contributed by atoms with E-state index in [-0.39, 0.29) is 11.3 Å². The number of phenols is 1. The molecule has 4 N–H and O–H groups in total. The molecule has 2 rings (SSSR count). The average Bonchev–Trinajstić information content (AvgIpc) is 2.74. The minimum atomic E-state index is -2.06. The number of H-pyrrole nitrogens is 1. The van der Waals surface area contributed by atoms with Gasteiger partial charge in [-0.05, 0) is 24.5 Å². The second kappa shape index (κ2) is 4.11. The normalized spacial score (nSPS) is 15.7. The third-order valence-corrected chi connectivity index (χ3v) is 3.14. The second-order valence-electron chi connectivity index (χ2n) is 4.29. The van der Waals surface area contributed by atoms with Crippen LogP contribution in [0, 0.1) is 0 Å². The van der Waals surface area contributed by atoms with Crippen LogP contribution < -0.4 is 5.32 Å². The highest BCUT2D eigenvalue weighted by atomic mass is 16.3. The zero-order valence-corrected chi connectivity index (χ0v) is 9.94. The lowest BCUT2D eigenvalue weighted by molar-refractivity contribution is 0.0989.